The molecule has 0 unspecified atom stereocenters. The van der Waals surface area contributed by atoms with Crippen molar-refractivity contribution in [1.29, 1.82) is 5.26 Å². The standard InChI is InChI=1S/C31H44N2O7/c1-8-15-31(20-32,23-13-14-25(35-4)26(19-23)36-5)16-11-12-24(33-21-34)17-22-18-27(39-9-2)29(37-6)30(38-7)28(22)40-10-3/h13-14,18-19,21,24H,8-12,15-17H2,1-7H3,(H,33,34)/t24-,31-/m1/s1. The van der Waals surface area contributed by atoms with E-state index in [0.717, 1.165) is 17.5 Å². The van der Waals surface area contributed by atoms with E-state index in [1.807, 2.05) is 38.1 Å². The van der Waals surface area contributed by atoms with Gasteiger partial charge >= 0.3 is 0 Å². The first-order valence-electron chi connectivity index (χ1n) is 13.8. The van der Waals surface area contributed by atoms with E-state index in [1.54, 1.807) is 28.4 Å². The van der Waals surface area contributed by atoms with Gasteiger partial charge < -0.3 is 33.7 Å². The lowest BCUT2D eigenvalue weighted by atomic mass is 9.74. The number of nitrogens with one attached hydrogen (secondary N) is 1. The summed E-state index contributed by atoms with van der Waals surface area (Å²) in [6.07, 6.45) is 4.74. The highest BCUT2D eigenvalue weighted by molar-refractivity contribution is 5.63. The SMILES string of the molecule is CCC[C@](C#N)(CCC[C@H](Cc1cc(OCC)c(OC)c(OC)c1OCC)NC=O)c1ccc(OC)c(OC)c1. The number of carbonyl (C=O) groups is 1. The maximum atomic E-state index is 11.6. The number of hydrogen-bond acceptors (Lipinski definition) is 8. The van der Waals surface area contributed by atoms with Crippen LogP contribution in [0.5, 0.6) is 34.5 Å². The summed E-state index contributed by atoms with van der Waals surface area (Å²) in [6.45, 7) is 6.75. The van der Waals surface area contributed by atoms with Gasteiger partial charge in [-0.2, -0.15) is 5.26 Å². The normalized spacial score (nSPS) is 12.8. The van der Waals surface area contributed by atoms with Gasteiger partial charge in [0.05, 0.1) is 53.1 Å². The molecule has 0 aliphatic heterocycles. The van der Waals surface area contributed by atoms with Crippen molar-refractivity contribution in [2.24, 2.45) is 0 Å². The van der Waals surface area contributed by atoms with Crippen molar-refractivity contribution >= 4 is 6.41 Å². The number of benzene rings is 2. The zero-order valence-electron chi connectivity index (χ0n) is 24.9. The summed E-state index contributed by atoms with van der Waals surface area (Å²) in [7, 11) is 6.30. The Hall–Kier alpha value is -3.80. The fourth-order valence-corrected chi connectivity index (χ4v) is 5.15. The van der Waals surface area contributed by atoms with E-state index < -0.39 is 5.41 Å². The zero-order chi connectivity index (χ0) is 29.5. The Labute approximate surface area is 238 Å². The number of nitriles is 1. The Morgan fingerprint density at radius 1 is 0.875 bits per heavy atom. The lowest BCUT2D eigenvalue weighted by Gasteiger charge is -2.29. The minimum Gasteiger partial charge on any atom is -0.493 e. The largest absolute Gasteiger partial charge is 0.493 e. The van der Waals surface area contributed by atoms with E-state index in [2.05, 4.69) is 18.3 Å². The molecule has 0 bridgehead atoms. The predicted octanol–water partition coefficient (Wildman–Crippen LogP) is 5.61. The lowest BCUT2D eigenvalue weighted by molar-refractivity contribution is -0.110. The first-order chi connectivity index (χ1) is 19.4. The Balaban J connectivity index is 2.36. The van der Waals surface area contributed by atoms with Crippen LogP contribution in [-0.4, -0.2) is 54.1 Å². The number of rotatable bonds is 19. The van der Waals surface area contributed by atoms with Gasteiger partial charge in [0.1, 0.15) is 0 Å². The Morgan fingerprint density at radius 3 is 2.12 bits per heavy atom. The molecule has 0 aliphatic rings. The van der Waals surface area contributed by atoms with Gasteiger partial charge in [-0.1, -0.05) is 19.4 Å². The highest BCUT2D eigenvalue weighted by atomic mass is 16.5. The summed E-state index contributed by atoms with van der Waals surface area (Å²) in [5.74, 6) is 3.24. The number of hydrogen-bond donors (Lipinski definition) is 1. The highest BCUT2D eigenvalue weighted by Crippen LogP contribution is 2.47. The number of amides is 1. The van der Waals surface area contributed by atoms with Crippen LogP contribution in [-0.2, 0) is 16.6 Å². The van der Waals surface area contributed by atoms with Gasteiger partial charge in [0.2, 0.25) is 17.9 Å². The van der Waals surface area contributed by atoms with E-state index in [0.29, 0.717) is 86.2 Å². The third-order valence-electron chi connectivity index (χ3n) is 6.98. The van der Waals surface area contributed by atoms with Crippen LogP contribution < -0.4 is 33.7 Å². The summed E-state index contributed by atoms with van der Waals surface area (Å²) < 4.78 is 33.9. The number of carbonyl (C=O) groups excluding carboxylic acids is 1. The van der Waals surface area contributed by atoms with E-state index in [4.69, 9.17) is 28.4 Å². The molecule has 0 aliphatic carbocycles. The van der Waals surface area contributed by atoms with Crippen LogP contribution in [0.15, 0.2) is 24.3 Å². The summed E-state index contributed by atoms with van der Waals surface area (Å²) >= 11 is 0. The van der Waals surface area contributed by atoms with E-state index in [9.17, 15) is 10.1 Å². The van der Waals surface area contributed by atoms with Crippen LogP contribution in [0.1, 0.15) is 64.0 Å². The molecule has 2 aromatic rings. The van der Waals surface area contributed by atoms with Crippen molar-refractivity contribution in [2.75, 3.05) is 41.7 Å². The van der Waals surface area contributed by atoms with Gasteiger partial charge in [-0.15, -0.1) is 0 Å². The molecular weight excluding hydrogens is 512 g/mol. The Bertz CT molecular complexity index is 1130. The molecule has 1 amide bonds. The molecule has 0 fully saturated rings. The van der Waals surface area contributed by atoms with Gasteiger partial charge in [-0.3, -0.25) is 4.79 Å². The second kappa shape index (κ2) is 16.3. The first kappa shape index (κ1) is 32.4. The topological polar surface area (TPSA) is 108 Å². The van der Waals surface area contributed by atoms with Gasteiger partial charge in [-0.25, -0.2) is 0 Å². The van der Waals surface area contributed by atoms with Crippen molar-refractivity contribution in [3.8, 4) is 40.6 Å². The summed E-state index contributed by atoms with van der Waals surface area (Å²) in [4.78, 5) is 11.6. The predicted molar refractivity (Wildman–Crippen MR) is 154 cm³/mol. The molecule has 220 valence electrons. The van der Waals surface area contributed by atoms with Crippen molar-refractivity contribution < 1.29 is 33.2 Å². The van der Waals surface area contributed by atoms with Gasteiger partial charge in [-0.05, 0) is 69.7 Å². The third kappa shape index (κ3) is 7.65. The summed E-state index contributed by atoms with van der Waals surface area (Å²) in [6, 6.07) is 9.96. The molecule has 9 heteroatoms. The van der Waals surface area contributed by atoms with Crippen LogP contribution >= 0.6 is 0 Å². The lowest BCUT2D eigenvalue weighted by Crippen LogP contribution is -2.31. The fraction of sp³-hybridized carbons (Fsp3) is 0.548. The van der Waals surface area contributed by atoms with Crippen LogP contribution in [0.3, 0.4) is 0 Å². The number of methoxy groups -OCH3 is 4. The quantitative estimate of drug-likeness (QED) is 0.223. The first-order valence-corrected chi connectivity index (χ1v) is 13.8. The minimum absolute atomic E-state index is 0.201. The van der Waals surface area contributed by atoms with E-state index in [1.165, 1.54) is 0 Å². The summed E-state index contributed by atoms with van der Waals surface area (Å²) in [5, 5.41) is 13.3. The van der Waals surface area contributed by atoms with Gasteiger partial charge in [0.25, 0.3) is 0 Å². The number of nitrogens with zero attached hydrogens (tertiary/aromatic N) is 1. The molecule has 1 N–H and O–H groups in total. The highest BCUT2D eigenvalue weighted by Gasteiger charge is 2.32. The van der Waals surface area contributed by atoms with Gasteiger partial charge in [0.15, 0.2) is 23.0 Å². The average molecular weight is 557 g/mol. The molecule has 0 aromatic heterocycles. The molecule has 0 heterocycles. The van der Waals surface area contributed by atoms with Crippen molar-refractivity contribution in [2.45, 2.75) is 70.8 Å². The molecule has 0 saturated heterocycles. The molecule has 9 nitrogen and oxygen atoms in total. The smallest absolute Gasteiger partial charge is 0.207 e. The third-order valence-corrected chi connectivity index (χ3v) is 6.98. The van der Waals surface area contributed by atoms with Crippen molar-refractivity contribution in [1.82, 2.24) is 5.32 Å². The monoisotopic (exact) mass is 556 g/mol. The van der Waals surface area contributed by atoms with Gasteiger partial charge in [0, 0.05) is 11.6 Å². The van der Waals surface area contributed by atoms with Crippen LogP contribution in [0, 0.1) is 11.3 Å². The van der Waals surface area contributed by atoms with Crippen molar-refractivity contribution in [3.05, 3.63) is 35.4 Å². The van der Waals surface area contributed by atoms with E-state index in [-0.39, 0.29) is 6.04 Å². The molecule has 0 spiro atoms. The van der Waals surface area contributed by atoms with Crippen LogP contribution in [0.4, 0.5) is 0 Å². The minimum atomic E-state index is -0.692. The Kier molecular flexibility index (Phi) is 13.2. The maximum absolute atomic E-state index is 11.6. The molecule has 0 radical (unpaired) electrons. The van der Waals surface area contributed by atoms with Crippen molar-refractivity contribution in [3.63, 3.8) is 0 Å². The molecule has 2 aromatic carbocycles. The fourth-order valence-electron chi connectivity index (χ4n) is 5.15. The summed E-state index contributed by atoms with van der Waals surface area (Å²) in [5.41, 5.74) is 1.04. The molecule has 40 heavy (non-hydrogen) atoms. The number of ether oxygens (including phenoxy) is 6. The molecule has 0 saturated carbocycles. The molecule has 2 rings (SSSR count). The second-order valence-corrected chi connectivity index (χ2v) is 9.39. The van der Waals surface area contributed by atoms with E-state index >= 15 is 0 Å². The average Bonchev–Trinajstić information content (AvgIpc) is 2.97. The van der Waals surface area contributed by atoms with Crippen LogP contribution in [0.25, 0.3) is 0 Å². The Morgan fingerprint density at radius 2 is 1.57 bits per heavy atom. The molecular formula is C31H44N2O7. The second-order valence-electron chi connectivity index (χ2n) is 9.39. The van der Waals surface area contributed by atoms with Crippen LogP contribution in [0.2, 0.25) is 0 Å². The maximum Gasteiger partial charge on any atom is 0.207 e. The molecule has 2 atom stereocenters. The zero-order valence-corrected chi connectivity index (χ0v) is 24.9.